The van der Waals surface area contributed by atoms with Crippen LogP contribution in [0.3, 0.4) is 0 Å². The molecule has 1 radical (unpaired) electrons. The summed E-state index contributed by atoms with van der Waals surface area (Å²) in [7, 11) is -3.27. The molecule has 0 atom stereocenters. The van der Waals surface area contributed by atoms with E-state index in [1.54, 1.807) is 30.3 Å². The Morgan fingerprint density at radius 1 is 1.25 bits per heavy atom. The summed E-state index contributed by atoms with van der Waals surface area (Å²) < 4.78 is 25.5. The molecular formula is C9H15BNO4S. The first-order chi connectivity index (χ1) is 7.58. The number of sulfonamides is 1. The van der Waals surface area contributed by atoms with E-state index in [-0.39, 0.29) is 7.69 Å². The molecular weight excluding hydrogens is 229 g/mol. The van der Waals surface area contributed by atoms with E-state index in [9.17, 15) is 8.42 Å². The lowest BCUT2D eigenvalue weighted by atomic mass is 10.4. The number of hydrogen-bond donors (Lipinski definition) is 3. The van der Waals surface area contributed by atoms with Crippen molar-refractivity contribution in [1.82, 2.24) is 4.72 Å². The van der Waals surface area contributed by atoms with E-state index in [1.165, 1.54) is 0 Å². The standard InChI is InChI=1S/C9H13NO2S.BH2O2/c1-2-8-10-13(11,12)9-6-4-3-5-7-9;2-1-3/h3-7,10H,2,8H2,1H3;2-3H. The second-order valence-electron chi connectivity index (χ2n) is 2.83. The molecule has 0 aliphatic heterocycles. The molecule has 0 amide bonds. The van der Waals surface area contributed by atoms with E-state index in [2.05, 4.69) is 4.72 Å². The molecule has 1 aromatic carbocycles. The van der Waals surface area contributed by atoms with E-state index < -0.39 is 10.0 Å². The third kappa shape index (κ3) is 5.87. The Morgan fingerprint density at radius 3 is 2.19 bits per heavy atom. The first-order valence-electron chi connectivity index (χ1n) is 4.73. The van der Waals surface area contributed by atoms with Gasteiger partial charge in [0.15, 0.2) is 0 Å². The molecule has 16 heavy (non-hydrogen) atoms. The second-order valence-corrected chi connectivity index (χ2v) is 4.59. The van der Waals surface area contributed by atoms with Crippen LogP contribution in [-0.2, 0) is 10.0 Å². The van der Waals surface area contributed by atoms with Gasteiger partial charge in [-0.05, 0) is 18.6 Å². The zero-order valence-corrected chi connectivity index (χ0v) is 9.81. The van der Waals surface area contributed by atoms with Crippen molar-refractivity contribution < 1.29 is 18.5 Å². The highest BCUT2D eigenvalue weighted by molar-refractivity contribution is 7.89. The lowest BCUT2D eigenvalue weighted by Gasteiger charge is -2.04. The highest BCUT2D eigenvalue weighted by Crippen LogP contribution is 2.06. The van der Waals surface area contributed by atoms with Crippen LogP contribution >= 0.6 is 0 Å². The second kappa shape index (κ2) is 8.29. The molecule has 7 heteroatoms. The van der Waals surface area contributed by atoms with Gasteiger partial charge >= 0.3 is 7.69 Å². The lowest BCUT2D eigenvalue weighted by molar-refractivity contribution is 0.448. The quantitative estimate of drug-likeness (QED) is 0.644. The number of benzene rings is 1. The molecule has 5 nitrogen and oxygen atoms in total. The van der Waals surface area contributed by atoms with Crippen LogP contribution in [0.25, 0.3) is 0 Å². The molecule has 89 valence electrons. The molecule has 0 aromatic heterocycles. The Hall–Kier alpha value is -0.885. The van der Waals surface area contributed by atoms with Crippen molar-refractivity contribution in [2.45, 2.75) is 18.2 Å². The van der Waals surface area contributed by atoms with Crippen LogP contribution in [0.1, 0.15) is 13.3 Å². The van der Waals surface area contributed by atoms with Crippen molar-refractivity contribution in [2.24, 2.45) is 0 Å². The summed E-state index contributed by atoms with van der Waals surface area (Å²) in [4.78, 5) is 0.323. The van der Waals surface area contributed by atoms with Gasteiger partial charge in [0.2, 0.25) is 10.0 Å². The average molecular weight is 244 g/mol. The smallest absolute Gasteiger partial charge is 0.429 e. The van der Waals surface area contributed by atoms with Crippen molar-refractivity contribution in [1.29, 1.82) is 0 Å². The summed E-state index contributed by atoms with van der Waals surface area (Å²) >= 11 is 0. The molecule has 0 aliphatic carbocycles. The summed E-state index contributed by atoms with van der Waals surface area (Å²) in [6.45, 7) is 2.41. The number of rotatable bonds is 4. The molecule has 1 rings (SSSR count). The molecule has 0 saturated carbocycles. The molecule has 0 spiro atoms. The predicted octanol–water partition coefficient (Wildman–Crippen LogP) is -0.120. The van der Waals surface area contributed by atoms with Gasteiger partial charge in [-0.25, -0.2) is 13.1 Å². The Morgan fingerprint density at radius 2 is 1.75 bits per heavy atom. The normalized spacial score (nSPS) is 10.2. The molecule has 0 bridgehead atoms. The highest BCUT2D eigenvalue weighted by atomic mass is 32.2. The van der Waals surface area contributed by atoms with Gasteiger partial charge < -0.3 is 10.0 Å². The average Bonchev–Trinajstić information content (AvgIpc) is 2.29. The largest absolute Gasteiger partial charge is 0.482 e. The topological polar surface area (TPSA) is 86.6 Å². The van der Waals surface area contributed by atoms with Gasteiger partial charge in [0.25, 0.3) is 0 Å². The fraction of sp³-hybridized carbons (Fsp3) is 0.333. The van der Waals surface area contributed by atoms with Gasteiger partial charge in [0.1, 0.15) is 0 Å². The van der Waals surface area contributed by atoms with Crippen molar-refractivity contribution in [3.63, 3.8) is 0 Å². The summed E-state index contributed by atoms with van der Waals surface area (Å²) in [6, 6.07) is 8.37. The van der Waals surface area contributed by atoms with Gasteiger partial charge in [-0.3, -0.25) is 0 Å². The summed E-state index contributed by atoms with van der Waals surface area (Å²) in [6.07, 6.45) is 0.798. The van der Waals surface area contributed by atoms with Crippen LogP contribution in [0.2, 0.25) is 0 Å². The summed E-state index contributed by atoms with van der Waals surface area (Å²) in [5, 5.41) is 14.0. The third-order valence-corrected chi connectivity index (χ3v) is 3.07. The molecule has 0 unspecified atom stereocenters. The Bertz CT molecular complexity index is 368. The van der Waals surface area contributed by atoms with Crippen LogP contribution in [0, 0.1) is 0 Å². The van der Waals surface area contributed by atoms with Gasteiger partial charge in [-0.1, -0.05) is 25.1 Å². The van der Waals surface area contributed by atoms with Crippen LogP contribution in [-0.4, -0.2) is 32.7 Å². The molecule has 0 fully saturated rings. The molecule has 1 aromatic rings. The fourth-order valence-corrected chi connectivity index (χ4v) is 2.07. The van der Waals surface area contributed by atoms with Crippen LogP contribution in [0.15, 0.2) is 35.2 Å². The Kier molecular flexibility index (Phi) is 7.83. The first kappa shape index (κ1) is 15.1. The molecule has 3 N–H and O–H groups in total. The number of hydrogen-bond acceptors (Lipinski definition) is 4. The molecule has 0 aliphatic rings. The zero-order chi connectivity index (χ0) is 12.4. The predicted molar refractivity (Wildman–Crippen MR) is 62.1 cm³/mol. The lowest BCUT2D eigenvalue weighted by Crippen LogP contribution is -2.24. The van der Waals surface area contributed by atoms with Crippen LogP contribution in [0.5, 0.6) is 0 Å². The van der Waals surface area contributed by atoms with Crippen LogP contribution in [0.4, 0.5) is 0 Å². The maximum Gasteiger partial charge on any atom is 0.482 e. The monoisotopic (exact) mass is 244 g/mol. The van der Waals surface area contributed by atoms with E-state index in [1.807, 2.05) is 6.92 Å². The highest BCUT2D eigenvalue weighted by Gasteiger charge is 2.10. The van der Waals surface area contributed by atoms with Gasteiger partial charge in [-0.15, -0.1) is 0 Å². The van der Waals surface area contributed by atoms with E-state index in [0.717, 1.165) is 6.42 Å². The summed E-state index contributed by atoms with van der Waals surface area (Å²) in [5.74, 6) is 0. The van der Waals surface area contributed by atoms with Gasteiger partial charge in [0, 0.05) is 6.54 Å². The van der Waals surface area contributed by atoms with Crippen molar-refractivity contribution in [3.8, 4) is 0 Å². The van der Waals surface area contributed by atoms with Crippen molar-refractivity contribution >= 4 is 17.7 Å². The molecule has 0 heterocycles. The van der Waals surface area contributed by atoms with Gasteiger partial charge in [-0.2, -0.15) is 0 Å². The minimum atomic E-state index is -3.27. The van der Waals surface area contributed by atoms with E-state index in [4.69, 9.17) is 10.0 Å². The van der Waals surface area contributed by atoms with Gasteiger partial charge in [0.05, 0.1) is 4.90 Å². The molecule has 0 saturated heterocycles. The maximum atomic E-state index is 11.5. The van der Waals surface area contributed by atoms with Crippen molar-refractivity contribution in [3.05, 3.63) is 30.3 Å². The zero-order valence-electron chi connectivity index (χ0n) is 9.00. The fourth-order valence-electron chi connectivity index (χ4n) is 0.919. The Balaban J connectivity index is 0.000000673. The summed E-state index contributed by atoms with van der Waals surface area (Å²) in [5.41, 5.74) is 0. The van der Waals surface area contributed by atoms with Crippen molar-refractivity contribution in [2.75, 3.05) is 6.54 Å². The van der Waals surface area contributed by atoms with E-state index in [0.29, 0.717) is 11.4 Å². The Labute approximate surface area is 96.5 Å². The van der Waals surface area contributed by atoms with Crippen LogP contribution < -0.4 is 4.72 Å². The minimum absolute atomic E-state index is 0. The SMILES string of the molecule is CCCNS(=O)(=O)c1ccccc1.O[B]O. The minimum Gasteiger partial charge on any atom is -0.429 e. The first-order valence-corrected chi connectivity index (χ1v) is 6.21. The maximum absolute atomic E-state index is 11.5. The third-order valence-electron chi connectivity index (χ3n) is 1.60. The number of nitrogens with one attached hydrogen (secondary N) is 1. The van der Waals surface area contributed by atoms with E-state index >= 15 is 0 Å².